The molecule has 1 aliphatic heterocycles. The molecule has 2 aliphatic rings. The molecule has 7 aromatic carbocycles. The lowest BCUT2D eigenvalue weighted by molar-refractivity contribution is 0.669. The summed E-state index contributed by atoms with van der Waals surface area (Å²) in [6, 6.07) is 52.9. The van der Waals surface area contributed by atoms with Gasteiger partial charge in [0.2, 0.25) is 0 Å². The van der Waals surface area contributed by atoms with Crippen LogP contribution in [0.5, 0.6) is 0 Å². The zero-order valence-corrected chi connectivity index (χ0v) is 24.5. The first kappa shape index (κ1) is 24.2. The summed E-state index contributed by atoms with van der Waals surface area (Å²) in [4.78, 5) is 2.57. The summed E-state index contributed by atoms with van der Waals surface area (Å²) >= 11 is 1.87. The lowest BCUT2D eigenvalue weighted by Gasteiger charge is -2.39. The average molecular weight is 580 g/mol. The zero-order valence-electron chi connectivity index (χ0n) is 23.7. The molecule has 3 heteroatoms. The van der Waals surface area contributed by atoms with Crippen LogP contribution < -0.4 is 5.32 Å². The Morgan fingerprint density at radius 2 is 1.14 bits per heavy atom. The summed E-state index contributed by atoms with van der Waals surface area (Å²) in [5.41, 5.74) is 11.6. The molecule has 206 valence electrons. The van der Waals surface area contributed by atoms with Crippen molar-refractivity contribution in [2.45, 2.75) is 15.2 Å². The van der Waals surface area contributed by atoms with Gasteiger partial charge in [-0.2, -0.15) is 0 Å². The molecule has 2 nitrogen and oxygen atoms in total. The largest absolute Gasteiger partial charge is 0.456 e. The number of hydrogen-bond donors (Lipinski definition) is 1. The van der Waals surface area contributed by atoms with Crippen molar-refractivity contribution in [3.05, 3.63) is 168 Å². The minimum Gasteiger partial charge on any atom is -0.456 e. The van der Waals surface area contributed by atoms with Crippen LogP contribution >= 0.6 is 11.8 Å². The molecule has 1 N–H and O–H groups in total. The molecule has 0 saturated heterocycles. The lowest BCUT2D eigenvalue weighted by Crippen LogP contribution is -2.31. The summed E-state index contributed by atoms with van der Waals surface area (Å²) < 4.78 is 6.35. The van der Waals surface area contributed by atoms with Gasteiger partial charge in [0, 0.05) is 26.3 Å². The van der Waals surface area contributed by atoms with Crippen molar-refractivity contribution in [3.8, 4) is 11.1 Å². The van der Waals surface area contributed by atoms with Crippen molar-refractivity contribution >= 4 is 55.8 Å². The molecule has 0 saturated carbocycles. The number of furan rings is 1. The molecule has 8 aromatic rings. The molecular formula is C41H25NOS. The number of benzene rings is 7. The molecule has 2 heterocycles. The van der Waals surface area contributed by atoms with Gasteiger partial charge in [-0.05, 0) is 69.1 Å². The fourth-order valence-electron chi connectivity index (χ4n) is 7.76. The second-order valence-corrected chi connectivity index (χ2v) is 12.8. The van der Waals surface area contributed by atoms with Crippen LogP contribution in [0.25, 0.3) is 43.8 Å². The molecule has 0 unspecified atom stereocenters. The topological polar surface area (TPSA) is 25.2 Å². The summed E-state index contributed by atoms with van der Waals surface area (Å²) in [5, 5.41) is 8.45. The smallest absolute Gasteiger partial charge is 0.138 e. The molecule has 10 rings (SSSR count). The van der Waals surface area contributed by atoms with Crippen LogP contribution in [0.2, 0.25) is 0 Å². The molecule has 0 fully saturated rings. The Morgan fingerprint density at radius 3 is 1.95 bits per heavy atom. The molecular weight excluding hydrogens is 555 g/mol. The van der Waals surface area contributed by atoms with E-state index < -0.39 is 0 Å². The zero-order chi connectivity index (χ0) is 28.8. The van der Waals surface area contributed by atoms with E-state index in [2.05, 4.69) is 139 Å². The highest BCUT2D eigenvalue weighted by Gasteiger charge is 2.49. The first-order chi connectivity index (χ1) is 21.8. The van der Waals surface area contributed by atoms with E-state index in [0.717, 1.165) is 38.7 Å². The van der Waals surface area contributed by atoms with Gasteiger partial charge in [0.25, 0.3) is 0 Å². The van der Waals surface area contributed by atoms with E-state index in [1.807, 2.05) is 23.9 Å². The van der Waals surface area contributed by atoms with E-state index in [4.69, 9.17) is 4.42 Å². The van der Waals surface area contributed by atoms with E-state index >= 15 is 0 Å². The summed E-state index contributed by atoms with van der Waals surface area (Å²) in [5.74, 6) is 0. The maximum Gasteiger partial charge on any atom is 0.138 e. The Morgan fingerprint density at radius 1 is 0.500 bits per heavy atom. The fraction of sp³-hybridized carbons (Fsp3) is 0.0244. The number of para-hydroxylation sites is 1. The van der Waals surface area contributed by atoms with E-state index in [-0.39, 0.29) is 5.41 Å². The van der Waals surface area contributed by atoms with Crippen LogP contribution in [0, 0.1) is 0 Å². The second kappa shape index (κ2) is 8.89. The molecule has 0 radical (unpaired) electrons. The monoisotopic (exact) mass is 579 g/mol. The SMILES string of the molecule is c1ccc2c(c1)Sc1cc(Nc3c4ccccc4cc4oc5ccccc5c34)ccc1C21c2ccccc2-c2ccccc21. The Labute approximate surface area is 259 Å². The number of nitrogens with one attached hydrogen (secondary N) is 1. The number of fused-ring (bicyclic) bond motifs is 13. The van der Waals surface area contributed by atoms with Crippen molar-refractivity contribution in [1.82, 2.24) is 0 Å². The quantitative estimate of drug-likeness (QED) is 0.220. The van der Waals surface area contributed by atoms with Crippen LogP contribution in [-0.4, -0.2) is 0 Å². The van der Waals surface area contributed by atoms with Gasteiger partial charge in [-0.3, -0.25) is 0 Å². The third kappa shape index (κ3) is 3.12. The Bertz CT molecular complexity index is 2430. The minimum absolute atomic E-state index is 0.365. The first-order valence-corrected chi connectivity index (χ1v) is 15.8. The van der Waals surface area contributed by atoms with Gasteiger partial charge in [-0.1, -0.05) is 127 Å². The Kier molecular flexibility index (Phi) is 4.89. The first-order valence-electron chi connectivity index (χ1n) is 15.0. The van der Waals surface area contributed by atoms with Crippen molar-refractivity contribution in [2.75, 3.05) is 5.32 Å². The maximum atomic E-state index is 6.35. The number of anilines is 2. The van der Waals surface area contributed by atoms with Gasteiger partial charge in [-0.15, -0.1) is 0 Å². The number of hydrogen-bond acceptors (Lipinski definition) is 3. The van der Waals surface area contributed by atoms with Gasteiger partial charge in [0.05, 0.1) is 16.5 Å². The summed E-state index contributed by atoms with van der Waals surface area (Å²) in [6.07, 6.45) is 0. The van der Waals surface area contributed by atoms with E-state index in [9.17, 15) is 0 Å². The van der Waals surface area contributed by atoms with Crippen molar-refractivity contribution in [2.24, 2.45) is 0 Å². The highest BCUT2D eigenvalue weighted by molar-refractivity contribution is 7.99. The molecule has 1 spiro atoms. The fourth-order valence-corrected chi connectivity index (χ4v) is 8.99. The van der Waals surface area contributed by atoms with Crippen LogP contribution in [0.15, 0.2) is 160 Å². The minimum atomic E-state index is -0.365. The third-order valence-electron chi connectivity index (χ3n) is 9.51. The molecule has 0 bridgehead atoms. The normalized spacial score (nSPS) is 14.0. The van der Waals surface area contributed by atoms with Crippen molar-refractivity contribution in [1.29, 1.82) is 0 Å². The Balaban J connectivity index is 1.22. The highest BCUT2D eigenvalue weighted by Crippen LogP contribution is 2.62. The van der Waals surface area contributed by atoms with Gasteiger partial charge in [0.15, 0.2) is 0 Å². The standard InChI is InChI=1S/C41H25NOS/c1-2-12-27-25(11-1)23-36-39(30-15-5-9-19-35(30)43-36)40(27)42-26-21-22-34-38(24-26)44-37-20-10-8-18-33(37)41(34)31-16-6-3-13-28(31)29-14-4-7-17-32(29)41/h1-24,42H. The lowest BCUT2D eigenvalue weighted by atomic mass is 9.67. The second-order valence-electron chi connectivity index (χ2n) is 11.7. The van der Waals surface area contributed by atoms with E-state index in [1.54, 1.807) is 0 Å². The third-order valence-corrected chi connectivity index (χ3v) is 10.6. The summed E-state index contributed by atoms with van der Waals surface area (Å²) in [6.45, 7) is 0. The van der Waals surface area contributed by atoms with Crippen LogP contribution in [0.4, 0.5) is 11.4 Å². The van der Waals surface area contributed by atoms with Crippen LogP contribution in [0.3, 0.4) is 0 Å². The Hall–Kier alpha value is -5.25. The van der Waals surface area contributed by atoms with Crippen molar-refractivity contribution in [3.63, 3.8) is 0 Å². The molecule has 44 heavy (non-hydrogen) atoms. The summed E-state index contributed by atoms with van der Waals surface area (Å²) in [7, 11) is 0. The van der Waals surface area contributed by atoms with Gasteiger partial charge < -0.3 is 9.73 Å². The van der Waals surface area contributed by atoms with Gasteiger partial charge in [0.1, 0.15) is 11.2 Å². The van der Waals surface area contributed by atoms with Crippen LogP contribution in [0.1, 0.15) is 22.3 Å². The molecule has 1 aromatic heterocycles. The average Bonchev–Trinajstić information content (AvgIpc) is 3.59. The van der Waals surface area contributed by atoms with E-state index in [0.29, 0.717) is 0 Å². The van der Waals surface area contributed by atoms with Gasteiger partial charge >= 0.3 is 0 Å². The maximum absolute atomic E-state index is 6.35. The van der Waals surface area contributed by atoms with Crippen molar-refractivity contribution < 1.29 is 4.42 Å². The predicted octanol–water partition coefficient (Wildman–Crippen LogP) is 11.3. The van der Waals surface area contributed by atoms with Crippen LogP contribution in [-0.2, 0) is 5.41 Å². The van der Waals surface area contributed by atoms with Gasteiger partial charge in [-0.25, -0.2) is 0 Å². The molecule has 0 atom stereocenters. The number of rotatable bonds is 2. The molecule has 1 aliphatic carbocycles. The van der Waals surface area contributed by atoms with E-state index in [1.165, 1.54) is 48.6 Å². The molecule has 0 amide bonds. The predicted molar refractivity (Wildman–Crippen MR) is 182 cm³/mol. The highest BCUT2D eigenvalue weighted by atomic mass is 32.2.